The van der Waals surface area contributed by atoms with Crippen LogP contribution in [0, 0.1) is 44.8 Å². The van der Waals surface area contributed by atoms with Gasteiger partial charge in [0.15, 0.2) is 6.29 Å². The molecule has 7 aliphatic rings. The number of carbonyl (C=O) groups excluding carboxylic acids is 1. The lowest BCUT2D eigenvalue weighted by Crippen LogP contribution is -2.59. The van der Waals surface area contributed by atoms with E-state index in [0.29, 0.717) is 6.42 Å². The minimum atomic E-state index is -2.05. The van der Waals surface area contributed by atoms with E-state index in [-0.39, 0.29) is 46.6 Å². The molecule has 4 saturated carbocycles. The molecule has 0 aromatic carbocycles. The Balaban J connectivity index is 1.20. The maximum absolute atomic E-state index is 14.8. The zero-order chi connectivity index (χ0) is 32.9. The van der Waals surface area contributed by atoms with Crippen LogP contribution >= 0.6 is 0 Å². The maximum Gasteiger partial charge on any atom is 0.231 e. The molecular formula is C35H54O10. The van der Waals surface area contributed by atoms with Gasteiger partial charge in [-0.15, -0.1) is 0 Å². The molecule has 45 heavy (non-hydrogen) atoms. The van der Waals surface area contributed by atoms with Crippen molar-refractivity contribution in [2.45, 2.75) is 148 Å². The monoisotopic (exact) mass is 634 g/mol. The molecule has 5 aliphatic carbocycles. The highest BCUT2D eigenvalue weighted by Gasteiger charge is 2.85. The molecule has 2 spiro atoms. The molecule has 254 valence electrons. The lowest BCUT2D eigenvalue weighted by atomic mass is 9.45. The van der Waals surface area contributed by atoms with Crippen molar-refractivity contribution in [2.24, 2.45) is 44.8 Å². The summed E-state index contributed by atoms with van der Waals surface area (Å²) in [7, 11) is 0. The second kappa shape index (κ2) is 9.60. The van der Waals surface area contributed by atoms with Crippen molar-refractivity contribution in [3.63, 3.8) is 0 Å². The van der Waals surface area contributed by atoms with Crippen molar-refractivity contribution >= 4 is 5.78 Å². The summed E-state index contributed by atoms with van der Waals surface area (Å²) in [6.45, 7) is 13.6. The molecular weight excluding hydrogens is 580 g/mol. The van der Waals surface area contributed by atoms with Crippen LogP contribution in [0.1, 0.15) is 93.4 Å². The quantitative estimate of drug-likeness (QED) is 0.253. The molecule has 0 aromatic heterocycles. The van der Waals surface area contributed by atoms with Gasteiger partial charge in [0.1, 0.15) is 24.4 Å². The van der Waals surface area contributed by atoms with Gasteiger partial charge >= 0.3 is 0 Å². The largest absolute Gasteiger partial charge is 0.388 e. The SMILES string of the molecule is C[C@@H]1C[C@H]([C@@H](O)C(C)(C)O)O[C@@]2(O)C(=O)[C@@]3(C)C4=CC[C@H]5C(C)(C)[C@@H](O[C@@H]6OC[C@H](O)[C@H](O)[C@H]6O)CC[C@@]56C[C@@]46CC[C@]3(C)[C@@H]12. The van der Waals surface area contributed by atoms with Gasteiger partial charge in [0.05, 0.1) is 29.8 Å². The average Bonchev–Trinajstić information content (AvgIpc) is 3.59. The fraction of sp³-hybridized carbons (Fsp3) is 0.914. The zero-order valence-electron chi connectivity index (χ0n) is 27.8. The number of hydrogen-bond acceptors (Lipinski definition) is 10. The molecule has 7 rings (SSSR count). The number of Topliss-reactive ketones (excluding diaryl/α,β-unsaturated/α-hetero) is 1. The molecule has 15 atom stereocenters. The normalized spacial score (nSPS) is 55.8. The van der Waals surface area contributed by atoms with Gasteiger partial charge < -0.3 is 44.8 Å². The summed E-state index contributed by atoms with van der Waals surface area (Å²) in [5.41, 5.74) is -2.21. The fourth-order valence-electron chi connectivity index (χ4n) is 12.3. The van der Waals surface area contributed by atoms with Crippen molar-refractivity contribution in [3.8, 4) is 0 Å². The van der Waals surface area contributed by atoms with Gasteiger partial charge in [0.25, 0.3) is 0 Å². The Morgan fingerprint density at radius 3 is 2.42 bits per heavy atom. The molecule has 10 heteroatoms. The van der Waals surface area contributed by atoms with Gasteiger partial charge in [0, 0.05) is 5.92 Å². The number of allylic oxidation sites excluding steroid dienone is 2. The molecule has 2 saturated heterocycles. The van der Waals surface area contributed by atoms with Crippen LogP contribution in [-0.4, -0.2) is 97.3 Å². The second-order valence-corrected chi connectivity index (χ2v) is 17.6. The van der Waals surface area contributed by atoms with Gasteiger partial charge in [-0.05, 0) is 99.2 Å². The van der Waals surface area contributed by atoms with Crippen LogP contribution in [0.2, 0.25) is 0 Å². The summed E-state index contributed by atoms with van der Waals surface area (Å²) in [5.74, 6) is -2.64. The predicted octanol–water partition coefficient (Wildman–Crippen LogP) is 2.20. The number of hydrogen-bond donors (Lipinski definition) is 6. The lowest BCUT2D eigenvalue weighted by Gasteiger charge is -2.59. The van der Waals surface area contributed by atoms with Gasteiger partial charge in [-0.2, -0.15) is 0 Å². The molecule has 6 N–H and O–H groups in total. The summed E-state index contributed by atoms with van der Waals surface area (Å²) in [6.07, 6.45) is 0.669. The Labute approximate surface area is 266 Å². The summed E-state index contributed by atoms with van der Waals surface area (Å²) in [5, 5.41) is 64.5. The minimum absolute atomic E-state index is 0.00466. The van der Waals surface area contributed by atoms with E-state index in [0.717, 1.165) is 44.1 Å². The first-order valence-electron chi connectivity index (χ1n) is 17.1. The highest BCUT2D eigenvalue weighted by Crippen LogP contribution is 2.88. The average molecular weight is 635 g/mol. The number of carbonyl (C=O) groups is 1. The van der Waals surface area contributed by atoms with Crippen LogP contribution in [0.25, 0.3) is 0 Å². The Kier molecular flexibility index (Phi) is 6.95. The van der Waals surface area contributed by atoms with Crippen molar-refractivity contribution < 1.29 is 49.6 Å². The van der Waals surface area contributed by atoms with Crippen LogP contribution in [0.5, 0.6) is 0 Å². The van der Waals surface area contributed by atoms with E-state index in [4.69, 9.17) is 14.2 Å². The highest BCUT2D eigenvalue weighted by atomic mass is 16.7. The fourth-order valence-corrected chi connectivity index (χ4v) is 12.3. The van der Waals surface area contributed by atoms with Crippen LogP contribution in [0.15, 0.2) is 11.6 Å². The van der Waals surface area contributed by atoms with E-state index in [2.05, 4.69) is 26.8 Å². The third-order valence-electron chi connectivity index (χ3n) is 14.7. The number of ketones is 1. The highest BCUT2D eigenvalue weighted by molar-refractivity contribution is 5.98. The van der Waals surface area contributed by atoms with Gasteiger partial charge in [-0.25, -0.2) is 0 Å². The number of ether oxygens (including phenoxy) is 3. The van der Waals surface area contributed by atoms with E-state index in [9.17, 15) is 35.4 Å². The third-order valence-corrected chi connectivity index (χ3v) is 14.7. The minimum Gasteiger partial charge on any atom is -0.388 e. The molecule has 0 aromatic rings. The number of aliphatic hydroxyl groups excluding tert-OH is 4. The summed E-state index contributed by atoms with van der Waals surface area (Å²) in [6, 6.07) is 0. The van der Waals surface area contributed by atoms with Crippen LogP contribution in [0.3, 0.4) is 0 Å². The molecule has 0 bridgehead atoms. The molecule has 0 unspecified atom stereocenters. The van der Waals surface area contributed by atoms with Gasteiger partial charge in [-0.1, -0.05) is 39.3 Å². The second-order valence-electron chi connectivity index (χ2n) is 17.6. The Morgan fingerprint density at radius 1 is 1.07 bits per heavy atom. The summed E-state index contributed by atoms with van der Waals surface area (Å²) < 4.78 is 18.3. The van der Waals surface area contributed by atoms with E-state index >= 15 is 0 Å². The van der Waals surface area contributed by atoms with Gasteiger partial charge in [-0.3, -0.25) is 4.79 Å². The zero-order valence-corrected chi connectivity index (χ0v) is 27.8. The standard InChI is InChI=1S/C35H54O10/c1-17-14-19(26(39)30(4,5)41)45-35(42)25(17)31(6)12-13-34-16-33(34)11-10-22(44-27-24(38)23(37)18(36)15-43-27)29(2,3)20(33)8-9-21(34)32(31,7)28(35)40/h9,17-20,22-27,36-39,41-42H,8,10-16H2,1-7H3/t17-,18+,19-,20+,22+,23+,24-,25-,26-,27+,31-,32-,33-,34+,35-/m1/s1. The van der Waals surface area contributed by atoms with Gasteiger partial charge in [0.2, 0.25) is 11.6 Å². The first-order chi connectivity index (χ1) is 20.7. The molecule has 0 amide bonds. The van der Waals surface area contributed by atoms with E-state index in [1.807, 2.05) is 13.8 Å². The Morgan fingerprint density at radius 2 is 1.76 bits per heavy atom. The number of rotatable bonds is 4. The van der Waals surface area contributed by atoms with E-state index in [1.54, 1.807) is 0 Å². The molecule has 6 fully saturated rings. The third kappa shape index (κ3) is 3.86. The molecule has 0 radical (unpaired) electrons. The van der Waals surface area contributed by atoms with E-state index < -0.39 is 64.9 Å². The maximum atomic E-state index is 14.8. The number of aliphatic hydroxyl groups is 6. The van der Waals surface area contributed by atoms with Crippen LogP contribution in [0.4, 0.5) is 0 Å². The molecule has 2 aliphatic heterocycles. The lowest BCUT2D eigenvalue weighted by molar-refractivity contribution is -0.302. The molecule has 2 heterocycles. The summed E-state index contributed by atoms with van der Waals surface area (Å²) >= 11 is 0. The topological polar surface area (TPSA) is 166 Å². The van der Waals surface area contributed by atoms with Crippen molar-refractivity contribution in [2.75, 3.05) is 6.61 Å². The van der Waals surface area contributed by atoms with E-state index in [1.165, 1.54) is 13.8 Å². The smallest absolute Gasteiger partial charge is 0.231 e. The molecule has 10 nitrogen and oxygen atoms in total. The van der Waals surface area contributed by atoms with Crippen molar-refractivity contribution in [1.29, 1.82) is 0 Å². The van der Waals surface area contributed by atoms with Crippen LogP contribution in [-0.2, 0) is 19.0 Å². The summed E-state index contributed by atoms with van der Waals surface area (Å²) in [4.78, 5) is 14.8. The first-order valence-corrected chi connectivity index (χ1v) is 17.1. The predicted molar refractivity (Wildman–Crippen MR) is 161 cm³/mol. The van der Waals surface area contributed by atoms with Crippen molar-refractivity contribution in [3.05, 3.63) is 11.6 Å². The first kappa shape index (κ1) is 32.6. The number of fused-ring (bicyclic) bond motifs is 4. The van der Waals surface area contributed by atoms with Crippen molar-refractivity contribution in [1.82, 2.24) is 0 Å². The Hall–Kier alpha value is -0.950. The van der Waals surface area contributed by atoms with Crippen LogP contribution < -0.4 is 0 Å². The Bertz CT molecular complexity index is 1290.